The van der Waals surface area contributed by atoms with Crippen molar-refractivity contribution >= 4 is 33.2 Å². The molecule has 9 heteroatoms. The highest BCUT2D eigenvalue weighted by Crippen LogP contribution is 2.28. The van der Waals surface area contributed by atoms with Crippen molar-refractivity contribution in [2.45, 2.75) is 37.9 Å². The maximum Gasteiger partial charge on any atom is 0.255 e. The first kappa shape index (κ1) is 21.7. The van der Waals surface area contributed by atoms with Crippen molar-refractivity contribution in [2.75, 3.05) is 18.4 Å². The first-order valence-electron chi connectivity index (χ1n) is 9.10. The van der Waals surface area contributed by atoms with Gasteiger partial charge in [-0.25, -0.2) is 12.8 Å². The molecule has 1 saturated heterocycles. The van der Waals surface area contributed by atoms with Crippen molar-refractivity contribution < 1.29 is 22.3 Å². The number of ether oxygens (including phenoxy) is 1. The smallest absolute Gasteiger partial charge is 0.255 e. The van der Waals surface area contributed by atoms with E-state index in [0.29, 0.717) is 5.56 Å². The second-order valence-electron chi connectivity index (χ2n) is 7.16. The van der Waals surface area contributed by atoms with Crippen molar-refractivity contribution in [3.05, 3.63) is 58.4 Å². The summed E-state index contributed by atoms with van der Waals surface area (Å²) in [5.41, 5.74) is 0.785. The molecule has 2 aromatic carbocycles. The second-order valence-corrected chi connectivity index (χ2v) is 9.48. The minimum atomic E-state index is -3.93. The molecule has 1 fully saturated rings. The van der Waals surface area contributed by atoms with Gasteiger partial charge in [0, 0.05) is 18.7 Å². The number of hydrogen-bond donors (Lipinski definition) is 1. The molecule has 2 atom stereocenters. The first-order valence-corrected chi connectivity index (χ1v) is 10.9. The van der Waals surface area contributed by atoms with Crippen molar-refractivity contribution in [1.29, 1.82) is 0 Å². The standard InChI is InChI=1S/C20H22ClFN2O4S/c1-12-4-7-18(17(22)8-12)23-20(25)15-5-6-16(21)19(9-15)29(26,27)24-10-13(2)28-14(3)11-24/h4-9,13-14H,10-11H2,1-3H3,(H,23,25). The lowest BCUT2D eigenvalue weighted by molar-refractivity contribution is -0.0440. The van der Waals surface area contributed by atoms with Crippen molar-refractivity contribution in [2.24, 2.45) is 0 Å². The topological polar surface area (TPSA) is 75.7 Å². The van der Waals surface area contributed by atoms with Crippen molar-refractivity contribution in [1.82, 2.24) is 4.31 Å². The van der Waals surface area contributed by atoms with Gasteiger partial charge in [0.05, 0.1) is 22.9 Å². The van der Waals surface area contributed by atoms with Gasteiger partial charge in [-0.2, -0.15) is 4.31 Å². The Morgan fingerprint density at radius 2 is 1.83 bits per heavy atom. The van der Waals surface area contributed by atoms with Crippen LogP contribution in [0.1, 0.15) is 29.8 Å². The lowest BCUT2D eigenvalue weighted by Crippen LogP contribution is -2.48. The average Bonchev–Trinajstić information content (AvgIpc) is 2.63. The fourth-order valence-electron chi connectivity index (χ4n) is 3.22. The van der Waals surface area contributed by atoms with E-state index in [0.717, 1.165) is 0 Å². The molecule has 2 unspecified atom stereocenters. The van der Waals surface area contributed by atoms with E-state index in [9.17, 15) is 17.6 Å². The van der Waals surface area contributed by atoms with Crippen LogP contribution in [-0.2, 0) is 14.8 Å². The Balaban J connectivity index is 1.90. The highest BCUT2D eigenvalue weighted by Gasteiger charge is 2.33. The number of rotatable bonds is 4. The number of hydrogen-bond acceptors (Lipinski definition) is 4. The van der Waals surface area contributed by atoms with Crippen LogP contribution in [0.4, 0.5) is 10.1 Å². The molecule has 1 amide bonds. The zero-order chi connectivity index (χ0) is 21.3. The fraction of sp³-hybridized carbons (Fsp3) is 0.350. The molecule has 29 heavy (non-hydrogen) atoms. The van der Waals surface area contributed by atoms with E-state index in [1.54, 1.807) is 26.8 Å². The SMILES string of the molecule is Cc1ccc(NC(=O)c2ccc(Cl)c(S(=O)(=O)N3CC(C)OC(C)C3)c2)c(F)c1. The Labute approximate surface area is 174 Å². The number of nitrogens with one attached hydrogen (secondary N) is 1. The Bertz CT molecular complexity index is 1030. The summed E-state index contributed by atoms with van der Waals surface area (Å²) in [5.74, 6) is -1.21. The zero-order valence-electron chi connectivity index (χ0n) is 16.3. The summed E-state index contributed by atoms with van der Waals surface area (Å²) in [4.78, 5) is 12.4. The first-order chi connectivity index (χ1) is 13.6. The normalized spacial score (nSPS) is 20.4. The highest BCUT2D eigenvalue weighted by molar-refractivity contribution is 7.89. The number of nitrogens with zero attached hydrogens (tertiary/aromatic N) is 1. The molecule has 0 saturated carbocycles. The summed E-state index contributed by atoms with van der Waals surface area (Å²) >= 11 is 6.15. The fourth-order valence-corrected chi connectivity index (χ4v) is 5.32. The molecule has 1 aliphatic rings. The molecule has 156 valence electrons. The lowest BCUT2D eigenvalue weighted by atomic mass is 10.2. The number of sulfonamides is 1. The quantitative estimate of drug-likeness (QED) is 0.783. The summed E-state index contributed by atoms with van der Waals surface area (Å²) < 4.78 is 47.1. The molecule has 1 N–H and O–H groups in total. The number of halogens is 2. The predicted octanol–water partition coefficient (Wildman–Crippen LogP) is 3.84. The largest absolute Gasteiger partial charge is 0.373 e. The molecule has 0 aliphatic carbocycles. The van der Waals surface area contributed by atoms with Gasteiger partial charge in [-0.3, -0.25) is 4.79 Å². The van der Waals surface area contributed by atoms with Crippen LogP contribution in [0.25, 0.3) is 0 Å². The Kier molecular flexibility index (Phi) is 6.28. The molecule has 3 rings (SSSR count). The van der Waals surface area contributed by atoms with Gasteiger partial charge in [0.25, 0.3) is 5.91 Å². The van der Waals surface area contributed by atoms with E-state index < -0.39 is 21.7 Å². The molecule has 1 heterocycles. The van der Waals surface area contributed by atoms with Crippen LogP contribution >= 0.6 is 11.6 Å². The van der Waals surface area contributed by atoms with E-state index in [4.69, 9.17) is 16.3 Å². The summed E-state index contributed by atoms with van der Waals surface area (Å²) in [6.07, 6.45) is -0.522. The van der Waals surface area contributed by atoms with Crippen LogP contribution in [0.5, 0.6) is 0 Å². The number of benzene rings is 2. The van der Waals surface area contributed by atoms with Gasteiger partial charge >= 0.3 is 0 Å². The Morgan fingerprint density at radius 3 is 2.45 bits per heavy atom. The van der Waals surface area contributed by atoms with Gasteiger partial charge in [0.2, 0.25) is 10.0 Å². The van der Waals surface area contributed by atoms with Crippen molar-refractivity contribution in [3.63, 3.8) is 0 Å². The molecule has 2 aromatic rings. The lowest BCUT2D eigenvalue weighted by Gasteiger charge is -2.34. The Morgan fingerprint density at radius 1 is 1.17 bits per heavy atom. The van der Waals surface area contributed by atoms with E-state index in [2.05, 4.69) is 5.32 Å². The third-order valence-electron chi connectivity index (χ3n) is 4.57. The number of amides is 1. The maximum absolute atomic E-state index is 14.0. The maximum atomic E-state index is 14.0. The van der Waals surface area contributed by atoms with Gasteiger partial charge in [-0.15, -0.1) is 0 Å². The number of carbonyl (C=O) groups excluding carboxylic acids is 1. The summed E-state index contributed by atoms with van der Waals surface area (Å²) in [6.45, 7) is 5.69. The van der Waals surface area contributed by atoms with Crippen molar-refractivity contribution in [3.8, 4) is 0 Å². The van der Waals surface area contributed by atoms with E-state index in [-0.39, 0.29) is 46.5 Å². The minimum Gasteiger partial charge on any atom is -0.373 e. The van der Waals surface area contributed by atoms with Crippen LogP contribution < -0.4 is 5.32 Å². The van der Waals surface area contributed by atoms with Gasteiger partial charge in [0.1, 0.15) is 10.7 Å². The number of carbonyl (C=O) groups is 1. The Hall–Kier alpha value is -2.00. The number of morpholine rings is 1. The number of aryl methyl sites for hydroxylation is 1. The summed E-state index contributed by atoms with van der Waals surface area (Å²) in [5, 5.41) is 2.47. The molecule has 0 radical (unpaired) electrons. The number of anilines is 1. The van der Waals surface area contributed by atoms with Gasteiger partial charge < -0.3 is 10.1 Å². The van der Waals surface area contributed by atoms with Gasteiger partial charge in [0.15, 0.2) is 0 Å². The monoisotopic (exact) mass is 440 g/mol. The third-order valence-corrected chi connectivity index (χ3v) is 6.88. The molecule has 0 spiro atoms. The van der Waals surface area contributed by atoms with Crippen LogP contribution in [0, 0.1) is 12.7 Å². The molecular formula is C20H22ClFN2O4S. The minimum absolute atomic E-state index is 0.00913. The van der Waals surface area contributed by atoms with E-state index in [1.165, 1.54) is 34.6 Å². The molecule has 0 bridgehead atoms. The molecular weight excluding hydrogens is 419 g/mol. The summed E-state index contributed by atoms with van der Waals surface area (Å²) in [6, 6.07) is 8.37. The van der Waals surface area contributed by atoms with Crippen LogP contribution in [0.15, 0.2) is 41.3 Å². The highest BCUT2D eigenvalue weighted by atomic mass is 35.5. The van der Waals surface area contributed by atoms with Crippen LogP contribution in [0.3, 0.4) is 0 Å². The molecule has 0 aromatic heterocycles. The van der Waals surface area contributed by atoms with E-state index in [1.807, 2.05) is 0 Å². The molecule has 1 aliphatic heterocycles. The third kappa shape index (κ3) is 4.78. The van der Waals surface area contributed by atoms with Crippen LogP contribution in [-0.4, -0.2) is 43.9 Å². The predicted molar refractivity (Wildman–Crippen MR) is 109 cm³/mol. The van der Waals surface area contributed by atoms with E-state index >= 15 is 0 Å². The second kappa shape index (κ2) is 8.39. The average molecular weight is 441 g/mol. The van der Waals surface area contributed by atoms with Crippen LogP contribution in [0.2, 0.25) is 5.02 Å². The molecule has 6 nitrogen and oxygen atoms in total. The van der Waals surface area contributed by atoms with Gasteiger partial charge in [-0.1, -0.05) is 17.7 Å². The van der Waals surface area contributed by atoms with Gasteiger partial charge in [-0.05, 0) is 56.7 Å². The zero-order valence-corrected chi connectivity index (χ0v) is 17.8. The summed E-state index contributed by atoms with van der Waals surface area (Å²) in [7, 11) is -3.93.